The van der Waals surface area contributed by atoms with Gasteiger partial charge in [-0.3, -0.25) is 10.1 Å². The minimum absolute atomic E-state index is 0.0564. The van der Waals surface area contributed by atoms with Crippen LogP contribution in [-0.4, -0.2) is 18.0 Å². The molecule has 1 heterocycles. The lowest BCUT2D eigenvalue weighted by Gasteiger charge is -2.14. The van der Waals surface area contributed by atoms with Gasteiger partial charge in [-0.25, -0.2) is 4.98 Å². The predicted octanol–water partition coefficient (Wildman–Crippen LogP) is 5.34. The van der Waals surface area contributed by atoms with Gasteiger partial charge in [-0.2, -0.15) is 0 Å². The molecule has 1 aromatic heterocycles. The van der Waals surface area contributed by atoms with E-state index in [-0.39, 0.29) is 5.69 Å². The van der Waals surface area contributed by atoms with Crippen LogP contribution in [0, 0.1) is 10.1 Å². The number of hydrogen-bond donors (Lipinski definition) is 0. The Kier molecular flexibility index (Phi) is 4.54. The second-order valence-electron chi connectivity index (χ2n) is 7.20. The summed E-state index contributed by atoms with van der Waals surface area (Å²) >= 11 is 0. The highest BCUT2D eigenvalue weighted by Gasteiger charge is 2.23. The Bertz CT molecular complexity index is 881. The number of rotatable bonds is 5. The van der Waals surface area contributed by atoms with Gasteiger partial charge in [-0.05, 0) is 12.1 Å². The molecule has 0 bridgehead atoms. The minimum Gasteiger partial charge on any atom is -0.441 e. The largest absolute Gasteiger partial charge is 0.441 e. The number of nitrogens with zero attached hydrogens (tertiary/aromatic N) is 2. The Morgan fingerprint density at radius 2 is 1.64 bits per heavy atom. The van der Waals surface area contributed by atoms with E-state index in [9.17, 15) is 10.1 Å². The maximum Gasteiger partial charge on any atom is 0.269 e. The standard InChI is InChI=1S/C19H20N2O3Si/c1-25(2,3)13-17-18(14-7-5-4-6-8-14)20-19(24-17)15-9-11-16(12-10-15)21(22)23/h4-12H,13H2,1-3H3. The van der Waals surface area contributed by atoms with Crippen LogP contribution < -0.4 is 0 Å². The number of non-ortho nitro benzene ring substituents is 1. The van der Waals surface area contributed by atoms with Crippen LogP contribution in [0.4, 0.5) is 5.69 Å². The molecule has 0 saturated carbocycles. The molecule has 0 spiro atoms. The SMILES string of the molecule is C[Si](C)(C)Cc1oc(-c2ccc([N+](=O)[O-])cc2)nc1-c1ccccc1. The van der Waals surface area contributed by atoms with Crippen LogP contribution in [0.25, 0.3) is 22.7 Å². The van der Waals surface area contributed by atoms with Crippen molar-refractivity contribution < 1.29 is 9.34 Å². The number of aromatic nitrogens is 1. The zero-order valence-electron chi connectivity index (χ0n) is 14.5. The molecule has 0 saturated heterocycles. The molecule has 0 atom stereocenters. The van der Waals surface area contributed by atoms with Gasteiger partial charge in [0.2, 0.25) is 5.89 Å². The third-order valence-corrected chi connectivity index (χ3v) is 5.14. The first-order valence-electron chi connectivity index (χ1n) is 8.13. The van der Waals surface area contributed by atoms with E-state index in [1.807, 2.05) is 30.3 Å². The maximum atomic E-state index is 10.8. The molecular formula is C19H20N2O3Si. The first-order chi connectivity index (χ1) is 11.8. The molecular weight excluding hydrogens is 332 g/mol. The zero-order chi connectivity index (χ0) is 18.0. The lowest BCUT2D eigenvalue weighted by atomic mass is 10.1. The molecule has 0 aliphatic rings. The number of oxazole rings is 1. The van der Waals surface area contributed by atoms with Crippen molar-refractivity contribution in [3.8, 4) is 22.7 Å². The van der Waals surface area contributed by atoms with Crippen LogP contribution in [-0.2, 0) is 6.04 Å². The normalized spacial score (nSPS) is 11.5. The average Bonchev–Trinajstić information content (AvgIpc) is 2.97. The van der Waals surface area contributed by atoms with Gasteiger partial charge in [0.25, 0.3) is 5.69 Å². The highest BCUT2D eigenvalue weighted by atomic mass is 28.3. The van der Waals surface area contributed by atoms with E-state index in [4.69, 9.17) is 9.40 Å². The van der Waals surface area contributed by atoms with Crippen LogP contribution in [0.15, 0.2) is 59.0 Å². The monoisotopic (exact) mass is 352 g/mol. The fraction of sp³-hybridized carbons (Fsp3) is 0.211. The Labute approximate surface area is 147 Å². The van der Waals surface area contributed by atoms with E-state index in [0.29, 0.717) is 5.89 Å². The molecule has 6 heteroatoms. The summed E-state index contributed by atoms with van der Waals surface area (Å²) < 4.78 is 6.09. The number of hydrogen-bond acceptors (Lipinski definition) is 4. The molecule has 0 unspecified atom stereocenters. The molecule has 5 nitrogen and oxygen atoms in total. The highest BCUT2D eigenvalue weighted by molar-refractivity contribution is 6.75. The highest BCUT2D eigenvalue weighted by Crippen LogP contribution is 2.31. The third-order valence-electron chi connectivity index (χ3n) is 3.76. The van der Waals surface area contributed by atoms with E-state index in [1.165, 1.54) is 12.1 Å². The summed E-state index contributed by atoms with van der Waals surface area (Å²) in [7, 11) is -1.40. The lowest BCUT2D eigenvalue weighted by Crippen LogP contribution is -2.23. The number of nitro benzene ring substituents is 1. The van der Waals surface area contributed by atoms with Crippen molar-refractivity contribution in [2.24, 2.45) is 0 Å². The summed E-state index contributed by atoms with van der Waals surface area (Å²) in [5.41, 5.74) is 2.68. The Balaban J connectivity index is 2.05. The molecule has 2 aromatic carbocycles. The van der Waals surface area contributed by atoms with Crippen molar-refractivity contribution in [3.05, 3.63) is 70.5 Å². The molecule has 25 heavy (non-hydrogen) atoms. The summed E-state index contributed by atoms with van der Waals surface area (Å²) in [6, 6.07) is 17.2. The van der Waals surface area contributed by atoms with Crippen molar-refractivity contribution in [1.29, 1.82) is 0 Å². The molecule has 0 N–H and O–H groups in total. The average molecular weight is 352 g/mol. The Morgan fingerprint density at radius 3 is 2.20 bits per heavy atom. The van der Waals surface area contributed by atoms with E-state index >= 15 is 0 Å². The van der Waals surface area contributed by atoms with E-state index in [0.717, 1.165) is 28.6 Å². The van der Waals surface area contributed by atoms with Gasteiger partial charge in [0.15, 0.2) is 0 Å². The summed E-state index contributed by atoms with van der Waals surface area (Å²) in [5, 5.41) is 10.8. The second-order valence-corrected chi connectivity index (χ2v) is 12.7. The minimum atomic E-state index is -1.40. The molecule has 3 rings (SSSR count). The topological polar surface area (TPSA) is 69.2 Å². The Hall–Kier alpha value is -2.73. The van der Waals surface area contributed by atoms with Crippen LogP contribution in [0.3, 0.4) is 0 Å². The van der Waals surface area contributed by atoms with Crippen molar-refractivity contribution in [2.45, 2.75) is 25.7 Å². The van der Waals surface area contributed by atoms with Gasteiger partial charge in [0.1, 0.15) is 11.5 Å². The molecule has 0 radical (unpaired) electrons. The molecule has 128 valence electrons. The van der Waals surface area contributed by atoms with Gasteiger partial charge in [-0.15, -0.1) is 0 Å². The molecule has 0 fully saturated rings. The smallest absolute Gasteiger partial charge is 0.269 e. The van der Waals surface area contributed by atoms with Gasteiger partial charge < -0.3 is 4.42 Å². The molecule has 3 aromatic rings. The van der Waals surface area contributed by atoms with Crippen molar-refractivity contribution in [1.82, 2.24) is 4.98 Å². The number of benzene rings is 2. The quantitative estimate of drug-likeness (QED) is 0.353. The summed E-state index contributed by atoms with van der Waals surface area (Å²) in [6.45, 7) is 6.86. The molecule has 0 aliphatic heterocycles. The Morgan fingerprint density at radius 1 is 1.00 bits per heavy atom. The predicted molar refractivity (Wildman–Crippen MR) is 101 cm³/mol. The van der Waals surface area contributed by atoms with Gasteiger partial charge in [-0.1, -0.05) is 50.0 Å². The van der Waals surface area contributed by atoms with Crippen LogP contribution in [0.5, 0.6) is 0 Å². The first-order valence-corrected chi connectivity index (χ1v) is 11.8. The van der Waals surface area contributed by atoms with E-state index in [1.54, 1.807) is 12.1 Å². The maximum absolute atomic E-state index is 10.8. The van der Waals surface area contributed by atoms with Crippen molar-refractivity contribution in [2.75, 3.05) is 0 Å². The van der Waals surface area contributed by atoms with Crippen molar-refractivity contribution in [3.63, 3.8) is 0 Å². The summed E-state index contributed by atoms with van der Waals surface area (Å²) in [5.74, 6) is 1.39. The van der Waals surface area contributed by atoms with Crippen LogP contribution >= 0.6 is 0 Å². The lowest BCUT2D eigenvalue weighted by molar-refractivity contribution is -0.384. The van der Waals surface area contributed by atoms with E-state index in [2.05, 4.69) is 19.6 Å². The summed E-state index contributed by atoms with van der Waals surface area (Å²) in [4.78, 5) is 15.1. The molecule has 0 aliphatic carbocycles. The van der Waals surface area contributed by atoms with Gasteiger partial charge in [0.05, 0.1) is 13.0 Å². The van der Waals surface area contributed by atoms with Crippen molar-refractivity contribution >= 4 is 13.8 Å². The fourth-order valence-electron chi connectivity index (χ4n) is 2.62. The van der Waals surface area contributed by atoms with Crippen LogP contribution in [0.1, 0.15) is 5.76 Å². The molecule has 0 amide bonds. The zero-order valence-corrected chi connectivity index (χ0v) is 15.5. The van der Waals surface area contributed by atoms with Gasteiger partial charge >= 0.3 is 0 Å². The number of nitro groups is 1. The first kappa shape index (κ1) is 17.1. The fourth-order valence-corrected chi connectivity index (χ4v) is 3.83. The van der Waals surface area contributed by atoms with Gasteiger partial charge in [0, 0.05) is 29.3 Å². The summed E-state index contributed by atoms with van der Waals surface area (Å²) in [6.07, 6.45) is 0. The van der Waals surface area contributed by atoms with E-state index < -0.39 is 13.0 Å². The second kappa shape index (κ2) is 6.64. The van der Waals surface area contributed by atoms with Crippen LogP contribution in [0.2, 0.25) is 19.6 Å². The third kappa shape index (κ3) is 4.03.